The van der Waals surface area contributed by atoms with E-state index in [2.05, 4.69) is 10.3 Å². The van der Waals surface area contributed by atoms with Gasteiger partial charge in [-0.3, -0.25) is 9.80 Å². The maximum Gasteiger partial charge on any atom is 0.272 e. The number of amides is 1. The van der Waals surface area contributed by atoms with Gasteiger partial charge < -0.3 is 24.9 Å². The van der Waals surface area contributed by atoms with Gasteiger partial charge in [0.15, 0.2) is 17.8 Å². The Morgan fingerprint density at radius 2 is 2.06 bits per heavy atom. The van der Waals surface area contributed by atoms with Crippen LogP contribution >= 0.6 is 11.8 Å². The van der Waals surface area contributed by atoms with Crippen LogP contribution in [0.15, 0.2) is 65.9 Å². The van der Waals surface area contributed by atoms with Crippen LogP contribution in [0.25, 0.3) is 0 Å². The minimum Gasteiger partial charge on any atom is -0.504 e. The number of aromatic nitrogens is 1. The first-order valence-electron chi connectivity index (χ1n) is 10.9. The number of hydrogen-bond donors (Lipinski definition) is 3. The second kappa shape index (κ2) is 10.5. The van der Waals surface area contributed by atoms with Crippen molar-refractivity contribution in [1.29, 1.82) is 0 Å². The zero-order valence-corrected chi connectivity index (χ0v) is 19.7. The summed E-state index contributed by atoms with van der Waals surface area (Å²) in [4.78, 5) is 26.9. The van der Waals surface area contributed by atoms with Gasteiger partial charge in [-0.15, -0.1) is 11.8 Å². The van der Waals surface area contributed by atoms with Crippen molar-refractivity contribution in [3.63, 3.8) is 0 Å². The van der Waals surface area contributed by atoms with Crippen LogP contribution in [-0.4, -0.2) is 50.7 Å². The van der Waals surface area contributed by atoms with Crippen LogP contribution in [0.5, 0.6) is 11.5 Å². The lowest BCUT2D eigenvalue weighted by Crippen LogP contribution is -2.39. The molecule has 2 atom stereocenters. The van der Waals surface area contributed by atoms with Crippen LogP contribution in [0.1, 0.15) is 35.0 Å². The molecule has 3 N–H and O–H groups in total. The molecule has 9 heteroatoms. The van der Waals surface area contributed by atoms with Gasteiger partial charge in [0.1, 0.15) is 11.1 Å². The largest absolute Gasteiger partial charge is 0.504 e. The summed E-state index contributed by atoms with van der Waals surface area (Å²) in [6.07, 6.45) is 3.40. The maximum atomic E-state index is 12.2. The van der Waals surface area contributed by atoms with Gasteiger partial charge in [-0.2, -0.15) is 5.10 Å². The highest BCUT2D eigenvalue weighted by Crippen LogP contribution is 2.35. The molecule has 0 spiro atoms. The summed E-state index contributed by atoms with van der Waals surface area (Å²) < 4.78 is 5.15. The molecule has 4 rings (SSSR count). The molecule has 34 heavy (non-hydrogen) atoms. The van der Waals surface area contributed by atoms with Gasteiger partial charge in [0.05, 0.1) is 24.6 Å². The summed E-state index contributed by atoms with van der Waals surface area (Å²) in [6.45, 7) is 2.47. The number of phenols is 1. The number of nitrogens with one attached hydrogen (secondary N) is 2. The predicted molar refractivity (Wildman–Crippen MR) is 133 cm³/mol. The number of H-pyrrole nitrogens is 1. The number of phenolic OH excluding ortho intramolecular Hbond substituents is 1. The van der Waals surface area contributed by atoms with Crippen LogP contribution < -0.4 is 10.1 Å². The monoisotopic (exact) mass is 478 g/mol. The first-order valence-corrected chi connectivity index (χ1v) is 11.8. The standard InChI is InChI=1S/C25H26N4O4S/c1-3-22-24(17-8-11-21(33-2)20(31)13-17)28-29(23(15-30)34-22)14-16-6-9-18(10-7-16)27-25(32)19-5-4-12-26-19/h4-13,15,22-23,26,31H,3,14H2,1-2H3,(H,27,32). The predicted octanol–water partition coefficient (Wildman–Crippen LogP) is 4.24. The third kappa shape index (κ3) is 5.09. The fourth-order valence-electron chi connectivity index (χ4n) is 3.72. The fourth-order valence-corrected chi connectivity index (χ4v) is 4.89. The van der Waals surface area contributed by atoms with Crippen LogP contribution in [0.2, 0.25) is 0 Å². The summed E-state index contributed by atoms with van der Waals surface area (Å²) in [6, 6.07) is 16.1. The third-order valence-corrected chi connectivity index (χ3v) is 7.02. The van der Waals surface area contributed by atoms with Crippen molar-refractivity contribution >= 4 is 35.4 Å². The van der Waals surface area contributed by atoms with E-state index in [0.717, 1.165) is 29.5 Å². The topological polar surface area (TPSA) is 107 Å². The Kier molecular flexibility index (Phi) is 7.22. The maximum absolute atomic E-state index is 12.2. The highest BCUT2D eigenvalue weighted by molar-refractivity contribution is 8.01. The van der Waals surface area contributed by atoms with E-state index in [-0.39, 0.29) is 16.9 Å². The van der Waals surface area contributed by atoms with E-state index in [1.54, 1.807) is 47.2 Å². The minimum absolute atomic E-state index is 0.0184. The highest BCUT2D eigenvalue weighted by Gasteiger charge is 2.31. The number of aromatic amines is 1. The van der Waals surface area contributed by atoms with Gasteiger partial charge >= 0.3 is 0 Å². The molecule has 1 amide bonds. The molecule has 8 nitrogen and oxygen atoms in total. The van der Waals surface area contributed by atoms with Crippen LogP contribution in [0.4, 0.5) is 5.69 Å². The molecule has 0 radical (unpaired) electrons. The molecular formula is C25H26N4O4S. The van der Waals surface area contributed by atoms with Crippen LogP contribution in [0.3, 0.4) is 0 Å². The summed E-state index contributed by atoms with van der Waals surface area (Å²) >= 11 is 1.54. The molecule has 3 aromatic rings. The average Bonchev–Trinajstić information content (AvgIpc) is 3.40. The van der Waals surface area contributed by atoms with Gasteiger partial charge in [-0.25, -0.2) is 0 Å². The minimum atomic E-state index is -0.423. The molecule has 1 aliphatic heterocycles. The molecule has 176 valence electrons. The van der Waals surface area contributed by atoms with E-state index in [1.165, 1.54) is 7.11 Å². The van der Waals surface area contributed by atoms with E-state index in [9.17, 15) is 14.7 Å². The van der Waals surface area contributed by atoms with Crippen molar-refractivity contribution in [3.05, 3.63) is 77.6 Å². The molecular weight excluding hydrogens is 452 g/mol. The molecule has 0 saturated heterocycles. The Morgan fingerprint density at radius 3 is 2.68 bits per heavy atom. The number of rotatable bonds is 8. The number of carbonyl (C=O) groups excluding carboxylic acids is 2. The Bertz CT molecular complexity index is 1180. The van der Waals surface area contributed by atoms with Gasteiger partial charge in [0.25, 0.3) is 5.91 Å². The van der Waals surface area contributed by atoms with E-state index in [0.29, 0.717) is 23.7 Å². The lowest BCUT2D eigenvalue weighted by Gasteiger charge is -2.34. The van der Waals surface area contributed by atoms with E-state index in [4.69, 9.17) is 9.84 Å². The van der Waals surface area contributed by atoms with Crippen LogP contribution in [0, 0.1) is 0 Å². The van der Waals surface area contributed by atoms with Crippen molar-refractivity contribution in [2.24, 2.45) is 5.10 Å². The average molecular weight is 479 g/mol. The number of anilines is 1. The quantitative estimate of drug-likeness (QED) is 0.418. The van der Waals surface area contributed by atoms with Gasteiger partial charge in [0, 0.05) is 17.4 Å². The van der Waals surface area contributed by atoms with E-state index >= 15 is 0 Å². The molecule has 0 aliphatic carbocycles. The van der Waals surface area contributed by atoms with Crippen LogP contribution in [-0.2, 0) is 11.3 Å². The summed E-state index contributed by atoms with van der Waals surface area (Å²) in [5, 5.41) is 19.3. The van der Waals surface area contributed by atoms with Gasteiger partial charge in [0.2, 0.25) is 0 Å². The lowest BCUT2D eigenvalue weighted by atomic mass is 10.0. The molecule has 0 saturated carbocycles. The smallest absolute Gasteiger partial charge is 0.272 e. The molecule has 1 aromatic heterocycles. The number of thioether (sulfide) groups is 1. The summed E-state index contributed by atoms with van der Waals surface area (Å²) in [7, 11) is 1.50. The second-order valence-electron chi connectivity index (χ2n) is 7.76. The van der Waals surface area contributed by atoms with Gasteiger partial charge in [-0.1, -0.05) is 19.1 Å². The third-order valence-electron chi connectivity index (χ3n) is 5.50. The number of methoxy groups -OCH3 is 1. The second-order valence-corrected chi connectivity index (χ2v) is 9.09. The number of aromatic hydroxyl groups is 1. The number of hydrazone groups is 1. The Labute approximate surface area is 202 Å². The van der Waals surface area contributed by atoms with E-state index in [1.807, 2.05) is 37.3 Å². The first-order chi connectivity index (χ1) is 16.5. The number of benzene rings is 2. The van der Waals surface area contributed by atoms with Crippen molar-refractivity contribution in [1.82, 2.24) is 9.99 Å². The molecule has 2 heterocycles. The first kappa shape index (κ1) is 23.4. The van der Waals surface area contributed by atoms with E-state index < -0.39 is 5.37 Å². The number of hydrogen-bond acceptors (Lipinski definition) is 7. The summed E-state index contributed by atoms with van der Waals surface area (Å²) in [5.41, 5.74) is 3.70. The Hall–Kier alpha value is -3.72. The molecule has 0 fully saturated rings. The number of ether oxygens (including phenoxy) is 1. The van der Waals surface area contributed by atoms with Crippen molar-refractivity contribution < 1.29 is 19.4 Å². The molecule has 1 aliphatic rings. The van der Waals surface area contributed by atoms with Crippen molar-refractivity contribution in [2.45, 2.75) is 30.5 Å². The summed E-state index contributed by atoms with van der Waals surface area (Å²) in [5.74, 6) is 0.226. The number of nitrogens with zero attached hydrogens (tertiary/aromatic N) is 2. The lowest BCUT2D eigenvalue weighted by molar-refractivity contribution is -0.110. The Morgan fingerprint density at radius 1 is 1.26 bits per heavy atom. The SMILES string of the molecule is CCC1SC(C=O)N(Cc2ccc(NC(=O)c3ccc[nH]3)cc2)N=C1c1ccc(OC)c(O)c1. The molecule has 2 aromatic carbocycles. The molecule has 0 bridgehead atoms. The van der Waals surface area contributed by atoms with Gasteiger partial charge in [-0.05, 0) is 54.4 Å². The van der Waals surface area contributed by atoms with Crippen molar-refractivity contribution in [2.75, 3.05) is 12.4 Å². The zero-order valence-electron chi connectivity index (χ0n) is 18.9. The molecule has 2 unspecified atom stereocenters. The zero-order chi connectivity index (χ0) is 24.1. The number of aldehydes is 1. The van der Waals surface area contributed by atoms with Crippen molar-refractivity contribution in [3.8, 4) is 11.5 Å². The number of carbonyl (C=O) groups is 2. The normalized spacial score (nSPS) is 17.7. The Balaban J connectivity index is 1.54. The highest BCUT2D eigenvalue weighted by atomic mass is 32.2. The fraction of sp³-hybridized carbons (Fsp3) is 0.240.